The van der Waals surface area contributed by atoms with Crippen LogP contribution in [0.5, 0.6) is 0 Å². The summed E-state index contributed by atoms with van der Waals surface area (Å²) in [6, 6.07) is 2.07. The summed E-state index contributed by atoms with van der Waals surface area (Å²) in [6.45, 7) is 5.75. The molecule has 21 heavy (non-hydrogen) atoms. The summed E-state index contributed by atoms with van der Waals surface area (Å²) in [7, 11) is 0. The standard InChI is InChI=1S/C16H22ClN3O/c1-11-9-14-16(18-10-11)20(15(19-14)12(2)17)7-6-13-5-3-4-8-21-13/h9-10,12-13H,3-8H2,1-2H3. The van der Waals surface area contributed by atoms with Crippen LogP contribution >= 0.6 is 11.6 Å². The zero-order valence-corrected chi connectivity index (χ0v) is 13.4. The minimum atomic E-state index is -0.119. The van der Waals surface area contributed by atoms with E-state index in [2.05, 4.69) is 20.6 Å². The number of halogens is 1. The highest BCUT2D eigenvalue weighted by Crippen LogP contribution is 2.25. The number of rotatable bonds is 4. The molecule has 2 atom stereocenters. The first-order valence-corrected chi connectivity index (χ1v) is 8.17. The van der Waals surface area contributed by atoms with Gasteiger partial charge in [-0.1, -0.05) is 0 Å². The lowest BCUT2D eigenvalue weighted by Gasteiger charge is -2.23. The summed E-state index contributed by atoms with van der Waals surface area (Å²) in [6.07, 6.45) is 6.86. The number of aryl methyl sites for hydroxylation is 2. The molecule has 1 aliphatic heterocycles. The van der Waals surface area contributed by atoms with Gasteiger partial charge >= 0.3 is 0 Å². The van der Waals surface area contributed by atoms with Crippen LogP contribution in [-0.2, 0) is 11.3 Å². The van der Waals surface area contributed by atoms with Crippen molar-refractivity contribution in [3.8, 4) is 0 Å². The number of nitrogens with zero attached hydrogens (tertiary/aromatic N) is 3. The third kappa shape index (κ3) is 3.22. The summed E-state index contributed by atoms with van der Waals surface area (Å²) in [5.74, 6) is 0.903. The molecule has 1 fully saturated rings. The first-order chi connectivity index (χ1) is 10.1. The molecule has 5 heteroatoms. The second-order valence-electron chi connectivity index (χ2n) is 5.87. The molecule has 2 aromatic rings. The molecule has 0 saturated carbocycles. The van der Waals surface area contributed by atoms with E-state index < -0.39 is 0 Å². The van der Waals surface area contributed by atoms with Crippen LogP contribution in [0.4, 0.5) is 0 Å². The highest BCUT2D eigenvalue weighted by molar-refractivity contribution is 6.20. The maximum Gasteiger partial charge on any atom is 0.160 e. The molecule has 4 nitrogen and oxygen atoms in total. The van der Waals surface area contributed by atoms with Gasteiger partial charge in [0.25, 0.3) is 0 Å². The van der Waals surface area contributed by atoms with Crippen molar-refractivity contribution in [3.63, 3.8) is 0 Å². The zero-order chi connectivity index (χ0) is 14.8. The van der Waals surface area contributed by atoms with Gasteiger partial charge in [0.1, 0.15) is 11.3 Å². The van der Waals surface area contributed by atoms with Gasteiger partial charge in [-0.05, 0) is 51.2 Å². The van der Waals surface area contributed by atoms with E-state index in [1.807, 2.05) is 20.0 Å². The summed E-state index contributed by atoms with van der Waals surface area (Å²) in [5.41, 5.74) is 2.98. The van der Waals surface area contributed by atoms with E-state index in [1.54, 1.807) is 0 Å². The number of ether oxygens (including phenoxy) is 1. The molecule has 3 rings (SSSR count). The molecule has 0 aliphatic carbocycles. The normalized spacial score (nSPS) is 20.8. The van der Waals surface area contributed by atoms with E-state index in [0.717, 1.165) is 48.5 Å². The van der Waals surface area contributed by atoms with Crippen LogP contribution in [0.25, 0.3) is 11.2 Å². The largest absolute Gasteiger partial charge is 0.378 e. The Kier molecular flexibility index (Phi) is 4.45. The number of hydrogen-bond donors (Lipinski definition) is 0. The maximum atomic E-state index is 6.30. The lowest BCUT2D eigenvalue weighted by atomic mass is 10.1. The van der Waals surface area contributed by atoms with Gasteiger partial charge in [-0.15, -0.1) is 11.6 Å². The van der Waals surface area contributed by atoms with Gasteiger partial charge in [0, 0.05) is 19.3 Å². The Balaban J connectivity index is 1.86. The number of pyridine rings is 1. The summed E-state index contributed by atoms with van der Waals surface area (Å²) in [5, 5.41) is -0.119. The van der Waals surface area contributed by atoms with Crippen molar-refractivity contribution in [3.05, 3.63) is 23.7 Å². The summed E-state index contributed by atoms with van der Waals surface area (Å²) < 4.78 is 7.98. The van der Waals surface area contributed by atoms with E-state index in [9.17, 15) is 0 Å². The first kappa shape index (κ1) is 14.8. The molecule has 2 aromatic heterocycles. The molecule has 0 aromatic carbocycles. The van der Waals surface area contributed by atoms with Crippen molar-refractivity contribution in [2.45, 2.75) is 57.6 Å². The summed E-state index contributed by atoms with van der Waals surface area (Å²) in [4.78, 5) is 9.21. The van der Waals surface area contributed by atoms with Gasteiger partial charge in [-0.25, -0.2) is 9.97 Å². The molecule has 0 amide bonds. The Labute approximate surface area is 130 Å². The molecular weight excluding hydrogens is 286 g/mol. The van der Waals surface area contributed by atoms with E-state index >= 15 is 0 Å². The summed E-state index contributed by atoms with van der Waals surface area (Å²) >= 11 is 6.30. The van der Waals surface area contributed by atoms with Crippen molar-refractivity contribution in [2.75, 3.05) is 6.61 Å². The molecule has 0 N–H and O–H groups in total. The van der Waals surface area contributed by atoms with E-state index in [4.69, 9.17) is 16.3 Å². The highest BCUT2D eigenvalue weighted by atomic mass is 35.5. The molecule has 3 heterocycles. The number of fused-ring (bicyclic) bond motifs is 1. The van der Waals surface area contributed by atoms with Gasteiger partial charge in [0.05, 0.1) is 11.5 Å². The topological polar surface area (TPSA) is 39.9 Å². The van der Waals surface area contributed by atoms with Gasteiger partial charge in [0.2, 0.25) is 0 Å². The number of aromatic nitrogens is 3. The van der Waals surface area contributed by atoms with Crippen LogP contribution in [0.15, 0.2) is 12.3 Å². The van der Waals surface area contributed by atoms with Crippen molar-refractivity contribution >= 4 is 22.8 Å². The third-order valence-electron chi connectivity index (χ3n) is 4.06. The quantitative estimate of drug-likeness (QED) is 0.802. The van der Waals surface area contributed by atoms with Gasteiger partial charge < -0.3 is 9.30 Å². The minimum Gasteiger partial charge on any atom is -0.378 e. The lowest BCUT2D eigenvalue weighted by molar-refractivity contribution is 0.00884. The minimum absolute atomic E-state index is 0.119. The first-order valence-electron chi connectivity index (χ1n) is 7.73. The fraction of sp³-hybridized carbons (Fsp3) is 0.625. The number of alkyl halides is 1. The zero-order valence-electron chi connectivity index (χ0n) is 12.7. The fourth-order valence-electron chi connectivity index (χ4n) is 2.96. The highest BCUT2D eigenvalue weighted by Gasteiger charge is 2.19. The van der Waals surface area contributed by atoms with Crippen LogP contribution in [0.3, 0.4) is 0 Å². The van der Waals surface area contributed by atoms with Crippen LogP contribution in [-0.4, -0.2) is 27.2 Å². The Morgan fingerprint density at radius 2 is 2.33 bits per heavy atom. The molecule has 0 spiro atoms. The Morgan fingerprint density at radius 1 is 1.48 bits per heavy atom. The molecule has 114 valence electrons. The van der Waals surface area contributed by atoms with Gasteiger partial charge in [-0.2, -0.15) is 0 Å². The van der Waals surface area contributed by atoms with E-state index in [1.165, 1.54) is 12.8 Å². The van der Waals surface area contributed by atoms with Gasteiger partial charge in [-0.3, -0.25) is 0 Å². The van der Waals surface area contributed by atoms with Crippen molar-refractivity contribution in [1.82, 2.24) is 14.5 Å². The van der Waals surface area contributed by atoms with Crippen LogP contribution in [0.1, 0.15) is 49.4 Å². The number of imidazole rings is 1. The molecule has 0 bridgehead atoms. The predicted octanol–water partition coefficient (Wildman–Crippen LogP) is 4.00. The van der Waals surface area contributed by atoms with Crippen molar-refractivity contribution in [2.24, 2.45) is 0 Å². The second-order valence-corrected chi connectivity index (χ2v) is 6.52. The molecule has 1 aliphatic rings. The van der Waals surface area contributed by atoms with Gasteiger partial charge in [0.15, 0.2) is 5.65 Å². The second kappa shape index (κ2) is 6.32. The van der Waals surface area contributed by atoms with Crippen LogP contribution in [0.2, 0.25) is 0 Å². The Hall–Kier alpha value is -1.13. The van der Waals surface area contributed by atoms with E-state index in [0.29, 0.717) is 6.10 Å². The monoisotopic (exact) mass is 307 g/mol. The average Bonchev–Trinajstić information content (AvgIpc) is 2.84. The fourth-order valence-corrected chi connectivity index (χ4v) is 3.13. The SMILES string of the molecule is Cc1cnc2c(c1)nc(C(C)Cl)n2CCC1CCCCO1. The molecule has 2 unspecified atom stereocenters. The third-order valence-corrected chi connectivity index (χ3v) is 4.25. The molecule has 0 radical (unpaired) electrons. The predicted molar refractivity (Wildman–Crippen MR) is 84.7 cm³/mol. The maximum absolute atomic E-state index is 6.30. The Bertz CT molecular complexity index is 617. The average molecular weight is 308 g/mol. The Morgan fingerprint density at radius 3 is 3.05 bits per heavy atom. The lowest BCUT2D eigenvalue weighted by Crippen LogP contribution is -2.21. The van der Waals surface area contributed by atoms with Crippen molar-refractivity contribution in [1.29, 1.82) is 0 Å². The van der Waals surface area contributed by atoms with Crippen LogP contribution in [0, 0.1) is 6.92 Å². The van der Waals surface area contributed by atoms with Crippen LogP contribution < -0.4 is 0 Å². The smallest absolute Gasteiger partial charge is 0.160 e. The molecule has 1 saturated heterocycles. The number of hydrogen-bond acceptors (Lipinski definition) is 3. The molecular formula is C16H22ClN3O. The van der Waals surface area contributed by atoms with Crippen molar-refractivity contribution < 1.29 is 4.74 Å². The van der Waals surface area contributed by atoms with E-state index in [-0.39, 0.29) is 5.38 Å².